The molecule has 0 radical (unpaired) electrons. The Morgan fingerprint density at radius 1 is 1.00 bits per heavy atom. The zero-order valence-corrected chi connectivity index (χ0v) is 17.0. The molecule has 8 heteroatoms. The van der Waals surface area contributed by atoms with Crippen LogP contribution in [0.3, 0.4) is 0 Å². The summed E-state index contributed by atoms with van der Waals surface area (Å²) in [5, 5.41) is 0. The Kier molecular flexibility index (Phi) is 6.54. The molecule has 2 aliphatic rings. The normalized spacial score (nSPS) is 23.1. The molecule has 1 aliphatic heterocycles. The number of esters is 4. The fraction of sp³-hybridized carbons (Fsp3) is 0.455. The van der Waals surface area contributed by atoms with Crippen molar-refractivity contribution in [2.45, 2.75) is 51.2 Å². The summed E-state index contributed by atoms with van der Waals surface area (Å²) in [6.07, 6.45) is -0.742. The van der Waals surface area contributed by atoms with Crippen LogP contribution in [0.4, 0.5) is 0 Å². The van der Waals surface area contributed by atoms with E-state index in [2.05, 4.69) is 0 Å². The Balaban J connectivity index is 1.98. The minimum atomic E-state index is -1.22. The summed E-state index contributed by atoms with van der Waals surface area (Å²) in [4.78, 5) is 49.7. The lowest BCUT2D eigenvalue weighted by molar-refractivity contribution is -0.162. The van der Waals surface area contributed by atoms with E-state index in [4.69, 9.17) is 18.9 Å². The molecule has 8 nitrogen and oxygen atoms in total. The van der Waals surface area contributed by atoms with Crippen LogP contribution < -0.4 is 0 Å². The molecule has 1 saturated heterocycles. The summed E-state index contributed by atoms with van der Waals surface area (Å²) in [6.45, 7) is 3.55. The Labute approximate surface area is 174 Å². The Morgan fingerprint density at radius 2 is 1.63 bits per heavy atom. The van der Waals surface area contributed by atoms with Crippen molar-refractivity contribution in [1.29, 1.82) is 0 Å². The average molecular weight is 416 g/mol. The van der Waals surface area contributed by atoms with Crippen LogP contribution in [0.1, 0.15) is 49.9 Å². The molecule has 1 aromatic rings. The van der Waals surface area contributed by atoms with Crippen LogP contribution >= 0.6 is 0 Å². The monoisotopic (exact) mass is 416 g/mol. The zero-order valence-electron chi connectivity index (χ0n) is 17.0. The molecule has 0 aromatic heterocycles. The Morgan fingerprint density at radius 3 is 2.20 bits per heavy atom. The van der Waals surface area contributed by atoms with Crippen LogP contribution in [0.2, 0.25) is 0 Å². The highest BCUT2D eigenvalue weighted by atomic mass is 16.6. The number of carbonyl (C=O) groups is 4. The molecule has 1 heterocycles. The van der Waals surface area contributed by atoms with Crippen LogP contribution in [-0.4, -0.2) is 48.8 Å². The summed E-state index contributed by atoms with van der Waals surface area (Å²) in [5.41, 5.74) is -0.721. The van der Waals surface area contributed by atoms with Crippen molar-refractivity contribution in [2.75, 3.05) is 13.2 Å². The van der Waals surface area contributed by atoms with Crippen molar-refractivity contribution in [2.24, 2.45) is 0 Å². The SMILES string of the molecule is CCOC(=O)C1=C(C(=O)OCC)C[C@]2(CCC(=O)O2)[C@@H](OC(=O)c2ccccc2)C1. The van der Waals surface area contributed by atoms with E-state index in [1.54, 1.807) is 44.2 Å². The summed E-state index contributed by atoms with van der Waals surface area (Å²) in [6, 6.07) is 8.37. The smallest absolute Gasteiger partial charge is 0.338 e. The van der Waals surface area contributed by atoms with E-state index in [1.807, 2.05) is 0 Å². The highest BCUT2D eigenvalue weighted by Gasteiger charge is 2.54. The number of benzene rings is 1. The first-order valence-electron chi connectivity index (χ1n) is 9.94. The van der Waals surface area contributed by atoms with Gasteiger partial charge in [0.2, 0.25) is 0 Å². The molecule has 2 atom stereocenters. The molecule has 1 aromatic carbocycles. The Hall–Kier alpha value is -3.16. The maximum absolute atomic E-state index is 12.7. The second kappa shape index (κ2) is 9.11. The van der Waals surface area contributed by atoms with Crippen molar-refractivity contribution in [1.82, 2.24) is 0 Å². The molecule has 0 N–H and O–H groups in total. The predicted octanol–water partition coefficient (Wildman–Crippen LogP) is 2.50. The minimum Gasteiger partial charge on any atom is -0.463 e. The van der Waals surface area contributed by atoms with Gasteiger partial charge in [-0.1, -0.05) is 18.2 Å². The molecular formula is C22H24O8. The van der Waals surface area contributed by atoms with Crippen LogP contribution in [-0.2, 0) is 33.3 Å². The molecular weight excluding hydrogens is 392 g/mol. The van der Waals surface area contributed by atoms with Crippen LogP contribution in [0.25, 0.3) is 0 Å². The van der Waals surface area contributed by atoms with E-state index in [0.29, 0.717) is 5.56 Å². The maximum atomic E-state index is 12.7. The standard InChI is InChI=1S/C22H24O8/c1-3-27-20(25)15-12-17(29-19(24)14-8-6-5-7-9-14)22(11-10-18(23)30-22)13-16(15)21(26)28-4-2/h5-9,17H,3-4,10-13H2,1-2H3/t17-,22+/m0/s1. The first-order chi connectivity index (χ1) is 14.4. The van der Waals surface area contributed by atoms with Gasteiger partial charge in [0.05, 0.1) is 29.9 Å². The third-order valence-corrected chi connectivity index (χ3v) is 5.19. The van der Waals surface area contributed by atoms with E-state index in [9.17, 15) is 19.2 Å². The largest absolute Gasteiger partial charge is 0.463 e. The second-order valence-corrected chi connectivity index (χ2v) is 7.08. The molecule has 0 bridgehead atoms. The van der Waals surface area contributed by atoms with Crippen molar-refractivity contribution in [3.63, 3.8) is 0 Å². The van der Waals surface area contributed by atoms with Gasteiger partial charge in [0, 0.05) is 25.7 Å². The van der Waals surface area contributed by atoms with Crippen molar-refractivity contribution >= 4 is 23.9 Å². The number of ether oxygens (including phenoxy) is 4. The van der Waals surface area contributed by atoms with Gasteiger partial charge < -0.3 is 18.9 Å². The van der Waals surface area contributed by atoms with Gasteiger partial charge in [-0.25, -0.2) is 14.4 Å². The quantitative estimate of drug-likeness (QED) is 0.515. The number of hydrogen-bond donors (Lipinski definition) is 0. The molecule has 1 spiro atoms. The first-order valence-corrected chi connectivity index (χ1v) is 9.94. The fourth-order valence-electron chi connectivity index (χ4n) is 3.77. The molecule has 30 heavy (non-hydrogen) atoms. The average Bonchev–Trinajstić information content (AvgIpc) is 3.11. The van der Waals surface area contributed by atoms with Gasteiger partial charge in [-0.2, -0.15) is 0 Å². The highest BCUT2D eigenvalue weighted by Crippen LogP contribution is 2.45. The van der Waals surface area contributed by atoms with Gasteiger partial charge in [-0.3, -0.25) is 4.79 Å². The van der Waals surface area contributed by atoms with E-state index in [-0.39, 0.29) is 50.0 Å². The summed E-state index contributed by atoms with van der Waals surface area (Å²) in [7, 11) is 0. The molecule has 1 aliphatic carbocycles. The van der Waals surface area contributed by atoms with Gasteiger partial charge in [0.15, 0.2) is 5.60 Å². The Bertz CT molecular complexity index is 872. The molecule has 3 rings (SSSR count). The minimum absolute atomic E-state index is 0.0785. The van der Waals surface area contributed by atoms with E-state index >= 15 is 0 Å². The number of hydrogen-bond acceptors (Lipinski definition) is 8. The van der Waals surface area contributed by atoms with Crippen LogP contribution in [0.15, 0.2) is 41.5 Å². The van der Waals surface area contributed by atoms with Gasteiger partial charge in [0.25, 0.3) is 0 Å². The molecule has 0 unspecified atom stereocenters. The highest BCUT2D eigenvalue weighted by molar-refractivity contribution is 6.01. The van der Waals surface area contributed by atoms with E-state index in [1.165, 1.54) is 0 Å². The number of rotatable bonds is 6. The third-order valence-electron chi connectivity index (χ3n) is 5.19. The van der Waals surface area contributed by atoms with Gasteiger partial charge in [-0.15, -0.1) is 0 Å². The van der Waals surface area contributed by atoms with Crippen molar-refractivity contribution in [3.05, 3.63) is 47.0 Å². The van der Waals surface area contributed by atoms with Gasteiger partial charge >= 0.3 is 23.9 Å². The lowest BCUT2D eigenvalue weighted by Gasteiger charge is -2.39. The van der Waals surface area contributed by atoms with Gasteiger partial charge in [-0.05, 0) is 26.0 Å². The molecule has 0 saturated carbocycles. The number of carbonyl (C=O) groups excluding carboxylic acids is 4. The third kappa shape index (κ3) is 4.37. The van der Waals surface area contributed by atoms with Crippen molar-refractivity contribution in [3.8, 4) is 0 Å². The van der Waals surface area contributed by atoms with Crippen LogP contribution in [0.5, 0.6) is 0 Å². The fourth-order valence-corrected chi connectivity index (χ4v) is 3.77. The molecule has 1 fully saturated rings. The summed E-state index contributed by atoms with van der Waals surface area (Å²) >= 11 is 0. The zero-order chi connectivity index (χ0) is 21.7. The van der Waals surface area contributed by atoms with E-state index < -0.39 is 35.6 Å². The molecule has 160 valence electrons. The topological polar surface area (TPSA) is 105 Å². The lowest BCUT2D eigenvalue weighted by Crippen LogP contribution is -2.49. The van der Waals surface area contributed by atoms with Gasteiger partial charge in [0.1, 0.15) is 6.10 Å². The summed E-state index contributed by atoms with van der Waals surface area (Å²) in [5.74, 6) is -2.40. The predicted molar refractivity (Wildman–Crippen MR) is 103 cm³/mol. The first kappa shape index (κ1) is 21.5. The van der Waals surface area contributed by atoms with Crippen LogP contribution in [0, 0.1) is 0 Å². The summed E-state index contributed by atoms with van der Waals surface area (Å²) < 4.78 is 21.5. The van der Waals surface area contributed by atoms with Crippen molar-refractivity contribution < 1.29 is 38.1 Å². The molecule has 0 amide bonds. The second-order valence-electron chi connectivity index (χ2n) is 7.08. The van der Waals surface area contributed by atoms with E-state index in [0.717, 1.165) is 0 Å². The lowest BCUT2D eigenvalue weighted by atomic mass is 9.76. The maximum Gasteiger partial charge on any atom is 0.338 e.